The molecule has 0 rings (SSSR count). The van der Waals surface area contributed by atoms with Crippen molar-refractivity contribution in [3.05, 3.63) is 12.4 Å². The van der Waals surface area contributed by atoms with Crippen LogP contribution in [0.25, 0.3) is 0 Å². The Labute approximate surface area is 79.4 Å². The zero-order valence-electron chi connectivity index (χ0n) is 8.78. The van der Waals surface area contributed by atoms with Crippen molar-refractivity contribution in [3.63, 3.8) is 0 Å². The lowest BCUT2D eigenvalue weighted by molar-refractivity contribution is 0.370. The first-order valence-corrected chi connectivity index (χ1v) is 4.78. The lowest BCUT2D eigenvalue weighted by atomic mass is 9.96. The van der Waals surface area contributed by atoms with Crippen LogP contribution < -0.4 is 10.6 Å². The number of nitrogens with one attached hydrogen (secondary N) is 2. The van der Waals surface area contributed by atoms with Crippen molar-refractivity contribution in [1.29, 1.82) is 0 Å². The molecule has 12 heavy (non-hydrogen) atoms. The van der Waals surface area contributed by atoms with Gasteiger partial charge < -0.3 is 10.6 Å². The van der Waals surface area contributed by atoms with Gasteiger partial charge in [0.15, 0.2) is 0 Å². The van der Waals surface area contributed by atoms with Crippen molar-refractivity contribution in [1.82, 2.24) is 10.6 Å². The third-order valence-electron chi connectivity index (χ3n) is 2.46. The first-order chi connectivity index (χ1) is 5.65. The van der Waals surface area contributed by atoms with Gasteiger partial charge in [0.25, 0.3) is 0 Å². The number of hydrogen-bond donors (Lipinski definition) is 2. The Bertz CT molecular complexity index is 136. The molecule has 0 aliphatic heterocycles. The Kier molecular flexibility index (Phi) is 5.60. The van der Waals surface area contributed by atoms with Crippen LogP contribution in [0.2, 0.25) is 0 Å². The van der Waals surface area contributed by atoms with Gasteiger partial charge in [0.05, 0.1) is 5.82 Å². The lowest BCUT2D eigenvalue weighted by Crippen LogP contribution is -2.35. The van der Waals surface area contributed by atoms with Gasteiger partial charge in [-0.1, -0.05) is 33.3 Å². The SMILES string of the molecule is C=C(NC)N[C@@H](C)C(CC)CC.[HH].[HH]. The van der Waals surface area contributed by atoms with Crippen LogP contribution in [0, 0.1) is 5.92 Å². The summed E-state index contributed by atoms with van der Waals surface area (Å²) in [6.07, 6.45) is 2.45. The molecule has 0 unspecified atom stereocenters. The molecule has 0 fully saturated rings. The van der Waals surface area contributed by atoms with Crippen LogP contribution >= 0.6 is 0 Å². The Morgan fingerprint density at radius 2 is 1.92 bits per heavy atom. The van der Waals surface area contributed by atoms with E-state index in [1.165, 1.54) is 12.8 Å². The minimum Gasteiger partial charge on any atom is -0.375 e. The molecule has 2 N–H and O–H groups in total. The summed E-state index contributed by atoms with van der Waals surface area (Å²) in [7, 11) is 1.88. The van der Waals surface area contributed by atoms with Crippen molar-refractivity contribution in [2.45, 2.75) is 39.7 Å². The summed E-state index contributed by atoms with van der Waals surface area (Å²) < 4.78 is 0. The Hall–Kier alpha value is -0.660. The molecule has 0 aromatic carbocycles. The van der Waals surface area contributed by atoms with Crippen molar-refractivity contribution < 1.29 is 2.85 Å². The van der Waals surface area contributed by atoms with Gasteiger partial charge in [-0.25, -0.2) is 0 Å². The van der Waals surface area contributed by atoms with E-state index in [9.17, 15) is 0 Å². The van der Waals surface area contributed by atoms with Crippen LogP contribution in [-0.2, 0) is 0 Å². The molecule has 0 aromatic rings. The molecular formula is C10H26N2. The number of rotatable bonds is 6. The van der Waals surface area contributed by atoms with E-state index in [1.807, 2.05) is 7.05 Å². The monoisotopic (exact) mass is 174 g/mol. The van der Waals surface area contributed by atoms with Crippen LogP contribution in [0.15, 0.2) is 12.4 Å². The Morgan fingerprint density at radius 1 is 1.42 bits per heavy atom. The van der Waals surface area contributed by atoms with Gasteiger partial charge in [0.1, 0.15) is 0 Å². The summed E-state index contributed by atoms with van der Waals surface area (Å²) in [5.74, 6) is 1.66. The highest BCUT2D eigenvalue weighted by Crippen LogP contribution is 2.12. The fourth-order valence-corrected chi connectivity index (χ4v) is 1.46. The second kappa shape index (κ2) is 5.92. The summed E-state index contributed by atoms with van der Waals surface area (Å²) in [6.45, 7) is 10.5. The standard InChI is InChI=1S/C10H22N2.2H2/c1-6-10(7-2)8(3)12-9(4)11-5;;/h8,10-12H,4,6-7H2,1-3,5H3;2*1H/t8-;;/m0../s1. The lowest BCUT2D eigenvalue weighted by Gasteiger charge is -2.24. The zero-order valence-corrected chi connectivity index (χ0v) is 8.78. The molecular weight excluding hydrogens is 148 g/mol. The predicted octanol–water partition coefficient (Wildman–Crippen LogP) is 2.58. The van der Waals surface area contributed by atoms with E-state index < -0.39 is 0 Å². The zero-order chi connectivity index (χ0) is 9.56. The van der Waals surface area contributed by atoms with Crippen molar-refractivity contribution in [3.8, 4) is 0 Å². The summed E-state index contributed by atoms with van der Waals surface area (Å²) >= 11 is 0. The van der Waals surface area contributed by atoms with Crippen molar-refractivity contribution in [2.75, 3.05) is 7.05 Å². The van der Waals surface area contributed by atoms with Crippen LogP contribution in [0.5, 0.6) is 0 Å². The van der Waals surface area contributed by atoms with Crippen LogP contribution in [0.1, 0.15) is 36.5 Å². The van der Waals surface area contributed by atoms with E-state index in [-0.39, 0.29) is 2.85 Å². The summed E-state index contributed by atoms with van der Waals surface area (Å²) in [5, 5.41) is 6.32. The molecule has 1 atom stereocenters. The minimum absolute atomic E-state index is 0. The summed E-state index contributed by atoms with van der Waals surface area (Å²) in [5.41, 5.74) is 0. The molecule has 2 heteroatoms. The van der Waals surface area contributed by atoms with E-state index in [0.717, 1.165) is 11.7 Å². The third-order valence-corrected chi connectivity index (χ3v) is 2.46. The molecule has 2 nitrogen and oxygen atoms in total. The summed E-state index contributed by atoms with van der Waals surface area (Å²) in [6, 6.07) is 0.514. The molecule has 0 aliphatic carbocycles. The largest absolute Gasteiger partial charge is 0.375 e. The average molecular weight is 174 g/mol. The molecule has 0 saturated heterocycles. The van der Waals surface area contributed by atoms with Crippen molar-refractivity contribution >= 4 is 0 Å². The molecule has 0 aromatic heterocycles. The molecule has 0 amide bonds. The second-order valence-corrected chi connectivity index (χ2v) is 3.24. The van der Waals surface area contributed by atoms with Gasteiger partial charge in [-0.15, -0.1) is 0 Å². The second-order valence-electron chi connectivity index (χ2n) is 3.24. The maximum Gasteiger partial charge on any atom is 0.0911 e. The first kappa shape index (κ1) is 11.3. The number of hydrogen-bond acceptors (Lipinski definition) is 2. The molecule has 76 valence electrons. The maximum atomic E-state index is 3.84. The van der Waals surface area contributed by atoms with Gasteiger partial charge in [0, 0.05) is 15.9 Å². The first-order valence-electron chi connectivity index (χ1n) is 4.78. The fraction of sp³-hybridized carbons (Fsp3) is 0.800. The molecule has 0 spiro atoms. The van der Waals surface area contributed by atoms with Gasteiger partial charge in [0.2, 0.25) is 0 Å². The Morgan fingerprint density at radius 3 is 2.25 bits per heavy atom. The van der Waals surface area contributed by atoms with E-state index in [0.29, 0.717) is 6.04 Å². The highest BCUT2D eigenvalue weighted by atomic mass is 15.1. The average Bonchev–Trinajstić information content (AvgIpc) is 2.06. The van der Waals surface area contributed by atoms with Gasteiger partial charge in [-0.2, -0.15) is 0 Å². The van der Waals surface area contributed by atoms with Crippen LogP contribution in [-0.4, -0.2) is 13.1 Å². The molecule has 0 bridgehead atoms. The van der Waals surface area contributed by atoms with E-state index >= 15 is 0 Å². The summed E-state index contributed by atoms with van der Waals surface area (Å²) in [4.78, 5) is 0. The van der Waals surface area contributed by atoms with Crippen LogP contribution in [0.3, 0.4) is 0 Å². The third kappa shape index (κ3) is 3.65. The van der Waals surface area contributed by atoms with Crippen molar-refractivity contribution in [2.24, 2.45) is 5.92 Å². The highest BCUT2D eigenvalue weighted by molar-refractivity contribution is 4.89. The van der Waals surface area contributed by atoms with Gasteiger partial charge in [-0.05, 0) is 12.8 Å². The van der Waals surface area contributed by atoms with Gasteiger partial charge in [-0.3, -0.25) is 0 Å². The minimum atomic E-state index is 0. The molecule has 0 heterocycles. The van der Waals surface area contributed by atoms with E-state index in [4.69, 9.17) is 0 Å². The van der Waals surface area contributed by atoms with Gasteiger partial charge >= 0.3 is 0 Å². The quantitative estimate of drug-likeness (QED) is 0.647. The highest BCUT2D eigenvalue weighted by Gasteiger charge is 2.12. The predicted molar refractivity (Wildman–Crippen MR) is 59.1 cm³/mol. The molecule has 0 radical (unpaired) electrons. The smallest absolute Gasteiger partial charge is 0.0911 e. The van der Waals surface area contributed by atoms with E-state index in [2.05, 4.69) is 38.0 Å². The molecule has 0 aliphatic rings. The fourth-order valence-electron chi connectivity index (χ4n) is 1.46. The van der Waals surface area contributed by atoms with Crippen LogP contribution in [0.4, 0.5) is 0 Å². The Balaban J connectivity index is -0.000000605. The maximum absolute atomic E-state index is 3.84. The normalized spacial score (nSPS) is 12.8. The van der Waals surface area contributed by atoms with E-state index in [1.54, 1.807) is 0 Å². The molecule has 0 saturated carbocycles. The topological polar surface area (TPSA) is 24.1 Å².